The van der Waals surface area contributed by atoms with E-state index in [4.69, 9.17) is 4.74 Å². The van der Waals surface area contributed by atoms with E-state index in [2.05, 4.69) is 24.3 Å². The minimum atomic E-state index is -0.161. The van der Waals surface area contributed by atoms with Crippen LogP contribution in [0.2, 0.25) is 0 Å². The summed E-state index contributed by atoms with van der Waals surface area (Å²) in [6.45, 7) is 0. The van der Waals surface area contributed by atoms with Crippen LogP contribution >= 0.6 is 0 Å². The molecule has 2 heteroatoms. The maximum Gasteiger partial charge on any atom is 0.306 e. The second-order valence-electron chi connectivity index (χ2n) is 4.51. The number of carbonyl (C=O) groups excluding carboxylic acids is 1. The third-order valence-corrected chi connectivity index (χ3v) is 3.56. The average molecular weight is 238 g/mol. The van der Waals surface area contributed by atoms with Crippen molar-refractivity contribution in [2.45, 2.75) is 12.3 Å². The van der Waals surface area contributed by atoms with Gasteiger partial charge in [0.05, 0.1) is 13.5 Å². The van der Waals surface area contributed by atoms with E-state index in [-0.39, 0.29) is 11.9 Å². The molecule has 2 aromatic carbocycles. The van der Waals surface area contributed by atoms with Crippen LogP contribution in [0.1, 0.15) is 23.5 Å². The molecule has 0 fully saturated rings. The lowest BCUT2D eigenvalue weighted by Gasteiger charge is -2.11. The molecule has 18 heavy (non-hydrogen) atoms. The summed E-state index contributed by atoms with van der Waals surface area (Å²) >= 11 is 0. The summed E-state index contributed by atoms with van der Waals surface area (Å²) in [5.74, 6) is -0.0312. The fourth-order valence-corrected chi connectivity index (χ4v) is 2.73. The molecule has 1 aliphatic carbocycles. The second-order valence-corrected chi connectivity index (χ2v) is 4.51. The van der Waals surface area contributed by atoms with E-state index in [0.717, 1.165) is 0 Å². The highest BCUT2D eigenvalue weighted by molar-refractivity contribution is 5.82. The van der Waals surface area contributed by atoms with Crippen molar-refractivity contribution >= 4 is 5.97 Å². The van der Waals surface area contributed by atoms with Crippen molar-refractivity contribution in [3.8, 4) is 11.1 Å². The molecule has 0 saturated heterocycles. The normalized spacial score (nSPS) is 12.9. The zero-order chi connectivity index (χ0) is 12.5. The minimum absolute atomic E-state index is 0.129. The molecule has 0 spiro atoms. The first kappa shape index (κ1) is 11.0. The van der Waals surface area contributed by atoms with Gasteiger partial charge in [-0.3, -0.25) is 4.79 Å². The monoisotopic (exact) mass is 238 g/mol. The van der Waals surface area contributed by atoms with Gasteiger partial charge in [0.2, 0.25) is 0 Å². The van der Waals surface area contributed by atoms with Gasteiger partial charge in [0.15, 0.2) is 0 Å². The van der Waals surface area contributed by atoms with Gasteiger partial charge in [0, 0.05) is 5.92 Å². The van der Waals surface area contributed by atoms with Gasteiger partial charge < -0.3 is 4.74 Å². The van der Waals surface area contributed by atoms with Gasteiger partial charge in [-0.15, -0.1) is 0 Å². The van der Waals surface area contributed by atoms with E-state index in [1.807, 2.05) is 24.3 Å². The molecule has 0 atom stereocenters. The Bertz CT molecular complexity index is 556. The highest BCUT2D eigenvalue weighted by Crippen LogP contribution is 2.45. The van der Waals surface area contributed by atoms with Gasteiger partial charge in [0.25, 0.3) is 0 Å². The van der Waals surface area contributed by atoms with Crippen LogP contribution in [0, 0.1) is 0 Å². The first-order chi connectivity index (χ1) is 8.81. The van der Waals surface area contributed by atoms with Crippen molar-refractivity contribution < 1.29 is 9.53 Å². The summed E-state index contributed by atoms with van der Waals surface area (Å²) in [6, 6.07) is 16.6. The van der Waals surface area contributed by atoms with Gasteiger partial charge in [-0.2, -0.15) is 0 Å². The van der Waals surface area contributed by atoms with Crippen LogP contribution in [-0.2, 0) is 9.53 Å². The van der Waals surface area contributed by atoms with Crippen LogP contribution in [-0.4, -0.2) is 13.1 Å². The standard InChI is InChI=1S/C16H14O2/c1-18-16(17)10-15-13-8-4-2-6-11(13)12-7-3-5-9-14(12)15/h2-9,15H,10H2,1H3. The Morgan fingerprint density at radius 2 is 1.50 bits per heavy atom. The van der Waals surface area contributed by atoms with Gasteiger partial charge in [-0.25, -0.2) is 0 Å². The number of fused-ring (bicyclic) bond motifs is 3. The largest absolute Gasteiger partial charge is 0.469 e. The molecular formula is C16H14O2. The summed E-state index contributed by atoms with van der Waals surface area (Å²) in [5, 5.41) is 0. The van der Waals surface area contributed by atoms with Crippen LogP contribution in [0.3, 0.4) is 0 Å². The van der Waals surface area contributed by atoms with Crippen LogP contribution < -0.4 is 0 Å². The summed E-state index contributed by atoms with van der Waals surface area (Å²) in [7, 11) is 1.44. The van der Waals surface area contributed by atoms with Crippen molar-refractivity contribution in [2.24, 2.45) is 0 Å². The number of hydrogen-bond acceptors (Lipinski definition) is 2. The molecule has 1 aliphatic rings. The number of esters is 1. The van der Waals surface area contributed by atoms with Crippen LogP contribution in [0.4, 0.5) is 0 Å². The first-order valence-corrected chi connectivity index (χ1v) is 6.06. The zero-order valence-electron chi connectivity index (χ0n) is 10.2. The average Bonchev–Trinajstić information content (AvgIpc) is 2.74. The topological polar surface area (TPSA) is 26.3 Å². The SMILES string of the molecule is COC(=O)CC1c2ccccc2-c2ccccc21. The maximum absolute atomic E-state index is 11.6. The Balaban J connectivity index is 2.12. The molecule has 0 unspecified atom stereocenters. The smallest absolute Gasteiger partial charge is 0.306 e. The minimum Gasteiger partial charge on any atom is -0.469 e. The predicted octanol–water partition coefficient (Wildman–Crippen LogP) is 3.36. The van der Waals surface area contributed by atoms with Gasteiger partial charge in [0.1, 0.15) is 0 Å². The Morgan fingerprint density at radius 1 is 1.00 bits per heavy atom. The van der Waals surface area contributed by atoms with Crippen LogP contribution in [0.5, 0.6) is 0 Å². The van der Waals surface area contributed by atoms with E-state index in [9.17, 15) is 4.79 Å². The molecule has 0 aromatic heterocycles. The third-order valence-electron chi connectivity index (χ3n) is 3.56. The molecule has 0 amide bonds. The number of rotatable bonds is 2. The highest BCUT2D eigenvalue weighted by Gasteiger charge is 2.29. The molecule has 2 aromatic rings. The van der Waals surface area contributed by atoms with E-state index in [1.54, 1.807) is 0 Å². The Labute approximate surface area is 106 Å². The second kappa shape index (κ2) is 4.30. The van der Waals surface area contributed by atoms with Crippen molar-refractivity contribution in [2.75, 3.05) is 7.11 Å². The van der Waals surface area contributed by atoms with Crippen molar-refractivity contribution in [3.05, 3.63) is 59.7 Å². The lowest BCUT2D eigenvalue weighted by Crippen LogP contribution is -2.07. The Kier molecular flexibility index (Phi) is 2.63. The van der Waals surface area contributed by atoms with Crippen LogP contribution in [0.15, 0.2) is 48.5 Å². The predicted molar refractivity (Wildman–Crippen MR) is 70.4 cm³/mol. The molecule has 0 saturated carbocycles. The molecule has 0 aliphatic heterocycles. The Morgan fingerprint density at radius 3 is 2.00 bits per heavy atom. The molecule has 90 valence electrons. The fraction of sp³-hybridized carbons (Fsp3) is 0.188. The van der Waals surface area contributed by atoms with E-state index < -0.39 is 0 Å². The van der Waals surface area contributed by atoms with Gasteiger partial charge >= 0.3 is 5.97 Å². The third kappa shape index (κ3) is 1.61. The lowest BCUT2D eigenvalue weighted by molar-refractivity contribution is -0.140. The maximum atomic E-state index is 11.6. The van der Waals surface area contributed by atoms with E-state index in [0.29, 0.717) is 6.42 Å². The molecule has 0 N–H and O–H groups in total. The molecule has 0 bridgehead atoms. The quantitative estimate of drug-likeness (QED) is 0.750. The number of carbonyl (C=O) groups is 1. The number of hydrogen-bond donors (Lipinski definition) is 0. The Hall–Kier alpha value is -2.09. The molecule has 3 rings (SSSR count). The zero-order valence-corrected chi connectivity index (χ0v) is 10.2. The number of methoxy groups -OCH3 is 1. The van der Waals surface area contributed by atoms with E-state index >= 15 is 0 Å². The molecular weight excluding hydrogens is 224 g/mol. The summed E-state index contributed by atoms with van der Waals surface area (Å²) in [5.41, 5.74) is 4.93. The summed E-state index contributed by atoms with van der Waals surface area (Å²) in [6.07, 6.45) is 0.407. The number of ether oxygens (including phenoxy) is 1. The summed E-state index contributed by atoms with van der Waals surface area (Å²) < 4.78 is 4.80. The van der Waals surface area contributed by atoms with Gasteiger partial charge in [-0.05, 0) is 22.3 Å². The van der Waals surface area contributed by atoms with Crippen LogP contribution in [0.25, 0.3) is 11.1 Å². The molecule has 0 radical (unpaired) electrons. The molecule has 0 heterocycles. The lowest BCUT2D eigenvalue weighted by atomic mass is 9.94. The first-order valence-electron chi connectivity index (χ1n) is 6.06. The van der Waals surface area contributed by atoms with E-state index in [1.165, 1.54) is 29.4 Å². The van der Waals surface area contributed by atoms with Gasteiger partial charge in [-0.1, -0.05) is 48.5 Å². The van der Waals surface area contributed by atoms with Crippen molar-refractivity contribution in [1.82, 2.24) is 0 Å². The van der Waals surface area contributed by atoms with Crippen molar-refractivity contribution in [3.63, 3.8) is 0 Å². The highest BCUT2D eigenvalue weighted by atomic mass is 16.5. The fourth-order valence-electron chi connectivity index (χ4n) is 2.73. The number of benzene rings is 2. The van der Waals surface area contributed by atoms with Crippen molar-refractivity contribution in [1.29, 1.82) is 0 Å². The molecule has 2 nitrogen and oxygen atoms in total. The summed E-state index contributed by atoms with van der Waals surface area (Å²) in [4.78, 5) is 11.6.